The van der Waals surface area contributed by atoms with Crippen LogP contribution in [0.15, 0.2) is 91.0 Å². The molecule has 0 unspecified atom stereocenters. The second-order valence-electron chi connectivity index (χ2n) is 9.56. The highest BCUT2D eigenvalue weighted by Gasteiger charge is 2.23. The topological polar surface area (TPSA) is 152 Å². The van der Waals surface area contributed by atoms with E-state index in [1.54, 1.807) is 60.7 Å². The monoisotopic (exact) mass is 581 g/mol. The summed E-state index contributed by atoms with van der Waals surface area (Å²) in [5.74, 6) is -1.38. The second kappa shape index (κ2) is 12.8. The number of aliphatic carboxylic acids is 1. The van der Waals surface area contributed by atoms with Crippen molar-refractivity contribution in [3.05, 3.63) is 113 Å². The van der Waals surface area contributed by atoms with Crippen LogP contribution in [0, 0.1) is 0 Å². The molecule has 0 fully saturated rings. The van der Waals surface area contributed by atoms with Crippen molar-refractivity contribution in [2.24, 2.45) is 0 Å². The van der Waals surface area contributed by atoms with Crippen molar-refractivity contribution in [3.63, 3.8) is 0 Å². The molecule has 4 aromatic carbocycles. The van der Waals surface area contributed by atoms with Gasteiger partial charge in [-0.1, -0.05) is 30.3 Å². The minimum absolute atomic E-state index is 0.0211. The summed E-state index contributed by atoms with van der Waals surface area (Å²) in [7, 11) is 1.51. The Morgan fingerprint density at radius 3 is 2.02 bits per heavy atom. The van der Waals surface area contributed by atoms with Crippen molar-refractivity contribution in [2.75, 3.05) is 24.5 Å². The van der Waals surface area contributed by atoms with Gasteiger partial charge in [0, 0.05) is 34.5 Å². The van der Waals surface area contributed by atoms with Gasteiger partial charge in [-0.05, 0) is 66.2 Å². The first-order chi connectivity index (χ1) is 20.8. The van der Waals surface area contributed by atoms with Crippen LogP contribution in [0.4, 0.5) is 11.4 Å². The molecule has 218 valence electrons. The Morgan fingerprint density at radius 2 is 1.37 bits per heavy atom. The number of carboxylic acids is 1. The fraction of sp³-hybridized carbons (Fsp3) is 0.125. The number of anilines is 2. The maximum absolute atomic E-state index is 13.3. The summed E-state index contributed by atoms with van der Waals surface area (Å²) in [5, 5.41) is 17.8. The zero-order chi connectivity index (χ0) is 30.3. The zero-order valence-electron chi connectivity index (χ0n) is 23.0. The molecule has 5 rings (SSSR count). The highest BCUT2D eigenvalue weighted by atomic mass is 16.7. The van der Waals surface area contributed by atoms with Crippen LogP contribution in [0.25, 0.3) is 0 Å². The first-order valence-corrected chi connectivity index (χ1v) is 13.2. The van der Waals surface area contributed by atoms with E-state index in [1.165, 1.54) is 31.4 Å². The van der Waals surface area contributed by atoms with Crippen LogP contribution < -0.4 is 30.2 Å². The fourth-order valence-electron chi connectivity index (χ4n) is 4.38. The Kier molecular flexibility index (Phi) is 8.52. The van der Waals surface area contributed by atoms with Gasteiger partial charge in [-0.2, -0.15) is 0 Å². The van der Waals surface area contributed by atoms with Gasteiger partial charge in [-0.25, -0.2) is 4.79 Å². The van der Waals surface area contributed by atoms with Gasteiger partial charge in [0.15, 0.2) is 11.5 Å². The van der Waals surface area contributed by atoms with E-state index in [1.807, 2.05) is 6.07 Å². The summed E-state index contributed by atoms with van der Waals surface area (Å²) >= 11 is 0. The van der Waals surface area contributed by atoms with Gasteiger partial charge in [0.1, 0.15) is 11.8 Å². The van der Waals surface area contributed by atoms with E-state index in [-0.39, 0.29) is 35.7 Å². The minimum atomic E-state index is -1.22. The molecule has 3 amide bonds. The molecule has 1 aliphatic heterocycles. The molecule has 1 aliphatic rings. The average Bonchev–Trinajstić information content (AvgIpc) is 3.49. The van der Waals surface area contributed by atoms with Crippen LogP contribution in [0.3, 0.4) is 0 Å². The number of nitrogens with one attached hydrogen (secondary N) is 3. The molecule has 1 atom stereocenters. The number of carboxylic acid groups (broad SMARTS) is 1. The van der Waals surface area contributed by atoms with E-state index in [0.29, 0.717) is 22.8 Å². The predicted octanol–water partition coefficient (Wildman–Crippen LogP) is 4.35. The summed E-state index contributed by atoms with van der Waals surface area (Å²) in [4.78, 5) is 51.4. The molecule has 43 heavy (non-hydrogen) atoms. The van der Waals surface area contributed by atoms with Gasteiger partial charge < -0.3 is 35.3 Å². The number of benzene rings is 4. The summed E-state index contributed by atoms with van der Waals surface area (Å²) in [6.07, 6.45) is 0.0590. The second-order valence-corrected chi connectivity index (χ2v) is 9.56. The molecule has 4 N–H and O–H groups in total. The van der Waals surface area contributed by atoms with Crippen LogP contribution in [0.2, 0.25) is 0 Å². The molecule has 11 nitrogen and oxygen atoms in total. The Labute approximate surface area is 246 Å². The van der Waals surface area contributed by atoms with Gasteiger partial charge >= 0.3 is 5.97 Å². The van der Waals surface area contributed by atoms with Crippen molar-refractivity contribution in [1.82, 2.24) is 5.32 Å². The Balaban J connectivity index is 1.41. The zero-order valence-corrected chi connectivity index (χ0v) is 23.0. The minimum Gasteiger partial charge on any atom is -0.497 e. The largest absolute Gasteiger partial charge is 0.497 e. The normalized spacial score (nSPS) is 12.1. The summed E-state index contributed by atoms with van der Waals surface area (Å²) < 4.78 is 15.8. The number of carbonyl (C=O) groups is 4. The van der Waals surface area contributed by atoms with E-state index in [9.17, 15) is 24.3 Å². The average molecular weight is 582 g/mol. The van der Waals surface area contributed by atoms with Crippen molar-refractivity contribution in [1.29, 1.82) is 0 Å². The number of fused-ring (bicyclic) bond motifs is 1. The highest BCUT2D eigenvalue weighted by Crippen LogP contribution is 2.33. The van der Waals surface area contributed by atoms with Gasteiger partial charge in [0.25, 0.3) is 17.7 Å². The number of rotatable bonds is 10. The van der Waals surface area contributed by atoms with Crippen LogP contribution in [0.5, 0.6) is 17.2 Å². The number of hydrogen-bond donors (Lipinski definition) is 4. The first kappa shape index (κ1) is 28.7. The standard InChI is InChI=1S/C32H27N3O8/c1-41-25-10-7-20(8-11-25)29(36)33-23-14-22(31(38)35-26(32(39)40)13-19-5-3-2-4-6-19)15-24(17-23)34-30(37)21-9-12-27-28(16-21)43-18-42-27/h2-12,14-17,26H,13,18H2,1H3,(H,33,36)(H,34,37)(H,35,38)(H,39,40)/t26-/m0/s1. The third kappa shape index (κ3) is 7.09. The van der Waals surface area contributed by atoms with E-state index in [2.05, 4.69) is 16.0 Å². The molecular formula is C32H27N3O8. The molecule has 0 saturated carbocycles. The summed E-state index contributed by atoms with van der Waals surface area (Å²) in [6.45, 7) is 0.0520. The van der Waals surface area contributed by atoms with E-state index in [4.69, 9.17) is 14.2 Å². The van der Waals surface area contributed by atoms with E-state index < -0.39 is 29.7 Å². The lowest BCUT2D eigenvalue weighted by atomic mass is 10.0. The molecule has 1 heterocycles. The van der Waals surface area contributed by atoms with Gasteiger partial charge in [-0.15, -0.1) is 0 Å². The molecule has 0 radical (unpaired) electrons. The van der Waals surface area contributed by atoms with E-state index >= 15 is 0 Å². The van der Waals surface area contributed by atoms with Gasteiger partial charge in [-0.3, -0.25) is 14.4 Å². The summed E-state index contributed by atoms with van der Waals surface area (Å²) in [6, 6.07) is 23.1. The highest BCUT2D eigenvalue weighted by molar-refractivity contribution is 6.08. The molecule has 0 aromatic heterocycles. The molecule has 11 heteroatoms. The Morgan fingerprint density at radius 1 is 0.744 bits per heavy atom. The number of ether oxygens (including phenoxy) is 3. The quantitative estimate of drug-likeness (QED) is 0.216. The smallest absolute Gasteiger partial charge is 0.326 e. The maximum Gasteiger partial charge on any atom is 0.326 e. The third-order valence-electron chi connectivity index (χ3n) is 6.58. The van der Waals surface area contributed by atoms with Crippen molar-refractivity contribution < 1.29 is 38.5 Å². The predicted molar refractivity (Wildman–Crippen MR) is 157 cm³/mol. The lowest BCUT2D eigenvalue weighted by molar-refractivity contribution is -0.139. The Bertz CT molecular complexity index is 1670. The number of carbonyl (C=O) groups excluding carboxylic acids is 3. The van der Waals surface area contributed by atoms with Crippen molar-refractivity contribution >= 4 is 35.1 Å². The van der Waals surface area contributed by atoms with Crippen LogP contribution in [0.1, 0.15) is 36.6 Å². The molecule has 0 saturated heterocycles. The van der Waals surface area contributed by atoms with Crippen LogP contribution in [-0.4, -0.2) is 48.7 Å². The lowest BCUT2D eigenvalue weighted by Crippen LogP contribution is -2.42. The molecule has 0 spiro atoms. The molecular weight excluding hydrogens is 554 g/mol. The van der Waals surface area contributed by atoms with Crippen LogP contribution >= 0.6 is 0 Å². The molecule has 0 aliphatic carbocycles. The first-order valence-electron chi connectivity index (χ1n) is 13.2. The number of amides is 3. The van der Waals surface area contributed by atoms with Gasteiger partial charge in [0.05, 0.1) is 7.11 Å². The molecule has 4 aromatic rings. The van der Waals surface area contributed by atoms with Gasteiger partial charge in [0.2, 0.25) is 6.79 Å². The maximum atomic E-state index is 13.3. The number of hydrogen-bond acceptors (Lipinski definition) is 7. The van der Waals surface area contributed by atoms with Crippen molar-refractivity contribution in [2.45, 2.75) is 12.5 Å². The SMILES string of the molecule is COc1ccc(C(=O)Nc2cc(NC(=O)c3ccc4c(c3)OCO4)cc(C(=O)N[C@@H](Cc3ccccc3)C(=O)O)c2)cc1. The Hall–Kier alpha value is -5.84. The fourth-order valence-corrected chi connectivity index (χ4v) is 4.38. The summed E-state index contributed by atoms with van der Waals surface area (Å²) in [5.41, 5.74) is 1.74. The van der Waals surface area contributed by atoms with Crippen molar-refractivity contribution in [3.8, 4) is 17.2 Å². The van der Waals surface area contributed by atoms with Crippen LogP contribution in [-0.2, 0) is 11.2 Å². The third-order valence-corrected chi connectivity index (χ3v) is 6.58. The molecule has 0 bridgehead atoms. The lowest BCUT2D eigenvalue weighted by Gasteiger charge is -2.16. The number of methoxy groups -OCH3 is 1. The van der Waals surface area contributed by atoms with E-state index in [0.717, 1.165) is 5.56 Å².